The van der Waals surface area contributed by atoms with Gasteiger partial charge >= 0.3 is 5.88 Å². The number of hydrogen-bond donors (Lipinski definition) is 1. The molecule has 9 nitrogen and oxygen atoms in total. The minimum Gasteiger partial charge on any atom is -0.489 e. The van der Waals surface area contributed by atoms with Crippen LogP contribution in [-0.4, -0.2) is 47.3 Å². The number of halogens is 1. The second-order valence-corrected chi connectivity index (χ2v) is 5.32. The second kappa shape index (κ2) is 9.30. The van der Waals surface area contributed by atoms with Crippen LogP contribution in [0.25, 0.3) is 11.6 Å². The third-order valence-electron chi connectivity index (χ3n) is 3.56. The van der Waals surface area contributed by atoms with Crippen molar-refractivity contribution in [2.75, 3.05) is 26.3 Å². The summed E-state index contributed by atoms with van der Waals surface area (Å²) in [4.78, 5) is 18.2. The summed E-state index contributed by atoms with van der Waals surface area (Å²) >= 11 is 0. The van der Waals surface area contributed by atoms with Gasteiger partial charge in [-0.1, -0.05) is 0 Å². The zero-order valence-corrected chi connectivity index (χ0v) is 14.2. The highest BCUT2D eigenvalue weighted by molar-refractivity contribution is 5.85. The van der Waals surface area contributed by atoms with Crippen molar-refractivity contribution >= 4 is 18.3 Å². The van der Waals surface area contributed by atoms with Crippen molar-refractivity contribution in [3.05, 3.63) is 34.6 Å². The average Bonchev–Trinajstić information content (AvgIpc) is 3.27. The molecular formula is C15H19ClN4O5. The van der Waals surface area contributed by atoms with Gasteiger partial charge in [-0.25, -0.2) is 9.97 Å². The Labute approximate surface area is 150 Å². The number of hydrogen-bond acceptors (Lipinski definition) is 8. The van der Waals surface area contributed by atoms with Crippen LogP contribution in [0.5, 0.6) is 5.75 Å². The molecule has 0 aromatic carbocycles. The van der Waals surface area contributed by atoms with Crippen LogP contribution >= 0.6 is 12.4 Å². The van der Waals surface area contributed by atoms with Crippen LogP contribution in [0.2, 0.25) is 0 Å². The second-order valence-electron chi connectivity index (χ2n) is 5.32. The Morgan fingerprint density at radius 2 is 2.16 bits per heavy atom. The third-order valence-corrected chi connectivity index (χ3v) is 3.56. The number of nitro groups is 1. The molecule has 0 bridgehead atoms. The number of aromatic nitrogens is 2. The van der Waals surface area contributed by atoms with Gasteiger partial charge in [-0.05, 0) is 18.9 Å². The lowest BCUT2D eigenvalue weighted by Crippen LogP contribution is -2.29. The molecule has 1 fully saturated rings. The molecule has 3 rings (SSSR count). The van der Waals surface area contributed by atoms with E-state index in [0.717, 1.165) is 26.0 Å². The van der Waals surface area contributed by atoms with Crippen molar-refractivity contribution < 1.29 is 18.8 Å². The maximum atomic E-state index is 10.6. The van der Waals surface area contributed by atoms with Gasteiger partial charge in [0, 0.05) is 19.7 Å². The number of rotatable bonds is 8. The van der Waals surface area contributed by atoms with Crippen LogP contribution in [0.15, 0.2) is 28.9 Å². The topological polar surface area (TPSA) is 113 Å². The highest BCUT2D eigenvalue weighted by Gasteiger charge is 2.15. The van der Waals surface area contributed by atoms with Crippen LogP contribution in [0, 0.1) is 10.1 Å². The van der Waals surface area contributed by atoms with Crippen LogP contribution in [-0.2, 0) is 4.74 Å². The minimum absolute atomic E-state index is 0. The summed E-state index contributed by atoms with van der Waals surface area (Å²) in [5.41, 5.74) is 0. The Bertz CT molecular complexity index is 673. The molecule has 1 saturated heterocycles. The molecule has 1 atom stereocenters. The number of furan rings is 1. The summed E-state index contributed by atoms with van der Waals surface area (Å²) in [6.45, 7) is 2.87. The molecule has 1 N–H and O–H groups in total. The van der Waals surface area contributed by atoms with E-state index in [1.54, 1.807) is 0 Å². The summed E-state index contributed by atoms with van der Waals surface area (Å²) in [6.07, 6.45) is 5.57. The van der Waals surface area contributed by atoms with Crippen LogP contribution < -0.4 is 10.1 Å². The van der Waals surface area contributed by atoms with Gasteiger partial charge < -0.3 is 19.2 Å². The van der Waals surface area contributed by atoms with E-state index in [2.05, 4.69) is 15.3 Å². The van der Waals surface area contributed by atoms with E-state index in [-0.39, 0.29) is 29.9 Å². The predicted octanol–water partition coefficient (Wildman–Crippen LogP) is 2.21. The lowest BCUT2D eigenvalue weighted by Gasteiger charge is -2.11. The molecule has 3 heterocycles. The van der Waals surface area contributed by atoms with Crippen LogP contribution in [0.1, 0.15) is 12.8 Å². The monoisotopic (exact) mass is 370 g/mol. The summed E-state index contributed by atoms with van der Waals surface area (Å²) in [5, 5.41) is 13.9. The molecular weight excluding hydrogens is 352 g/mol. The van der Waals surface area contributed by atoms with Gasteiger partial charge in [-0.15, -0.1) is 12.4 Å². The van der Waals surface area contributed by atoms with Gasteiger partial charge in [0.15, 0.2) is 17.3 Å². The quantitative estimate of drug-likeness (QED) is 0.427. The van der Waals surface area contributed by atoms with E-state index in [1.165, 1.54) is 24.5 Å². The van der Waals surface area contributed by atoms with Crippen molar-refractivity contribution in [2.45, 2.75) is 18.9 Å². The van der Waals surface area contributed by atoms with Crippen molar-refractivity contribution in [1.29, 1.82) is 0 Å². The Morgan fingerprint density at radius 1 is 1.36 bits per heavy atom. The lowest BCUT2D eigenvalue weighted by atomic mass is 10.2. The molecule has 10 heteroatoms. The SMILES string of the molecule is Cl.O=[N+]([O-])c1ccc(-c2ncc(OCCNCC3CCCO3)cn2)o1. The first kappa shape index (κ1) is 19.1. The summed E-state index contributed by atoms with van der Waals surface area (Å²) < 4.78 is 16.1. The molecule has 0 spiro atoms. The van der Waals surface area contributed by atoms with Gasteiger partial charge in [-0.2, -0.15) is 0 Å². The van der Waals surface area contributed by atoms with E-state index in [0.29, 0.717) is 25.0 Å². The number of ether oxygens (including phenoxy) is 2. The summed E-state index contributed by atoms with van der Waals surface area (Å²) in [7, 11) is 0. The van der Waals surface area contributed by atoms with E-state index in [1.807, 2.05) is 0 Å². The van der Waals surface area contributed by atoms with Crippen LogP contribution in [0.3, 0.4) is 0 Å². The van der Waals surface area contributed by atoms with Gasteiger partial charge in [-0.3, -0.25) is 10.1 Å². The van der Waals surface area contributed by atoms with E-state index >= 15 is 0 Å². The summed E-state index contributed by atoms with van der Waals surface area (Å²) in [5.74, 6) is 0.698. The maximum absolute atomic E-state index is 10.6. The third kappa shape index (κ3) is 5.38. The first-order chi connectivity index (χ1) is 11.7. The average molecular weight is 371 g/mol. The Morgan fingerprint density at radius 3 is 2.80 bits per heavy atom. The fourth-order valence-electron chi connectivity index (χ4n) is 2.37. The predicted molar refractivity (Wildman–Crippen MR) is 91.0 cm³/mol. The van der Waals surface area contributed by atoms with E-state index in [9.17, 15) is 10.1 Å². The maximum Gasteiger partial charge on any atom is 0.433 e. The molecule has 1 unspecified atom stereocenters. The Kier molecular flexibility index (Phi) is 7.11. The first-order valence-electron chi connectivity index (χ1n) is 7.74. The fourth-order valence-corrected chi connectivity index (χ4v) is 2.37. The van der Waals surface area contributed by atoms with Crippen LogP contribution in [0.4, 0.5) is 5.88 Å². The van der Waals surface area contributed by atoms with Gasteiger partial charge in [0.05, 0.1) is 24.6 Å². The van der Waals surface area contributed by atoms with Crippen molar-refractivity contribution in [3.63, 3.8) is 0 Å². The highest BCUT2D eigenvalue weighted by atomic mass is 35.5. The molecule has 0 saturated carbocycles. The molecule has 2 aromatic rings. The number of nitrogens with one attached hydrogen (secondary N) is 1. The van der Waals surface area contributed by atoms with E-state index < -0.39 is 4.92 Å². The molecule has 0 amide bonds. The van der Waals surface area contributed by atoms with Gasteiger partial charge in [0.25, 0.3) is 0 Å². The smallest absolute Gasteiger partial charge is 0.433 e. The standard InChI is InChI=1S/C15H18N4O5.ClH/c20-19(21)14-4-3-13(24-14)15-17-9-12(10-18-15)23-7-5-16-8-11-2-1-6-22-11;/h3-4,9-11,16H,1-2,5-8H2;1H. The zero-order chi connectivity index (χ0) is 16.8. The summed E-state index contributed by atoms with van der Waals surface area (Å²) in [6, 6.07) is 2.73. The van der Waals surface area contributed by atoms with E-state index in [4.69, 9.17) is 13.9 Å². The molecule has 25 heavy (non-hydrogen) atoms. The van der Waals surface area contributed by atoms with Crippen molar-refractivity contribution in [2.24, 2.45) is 0 Å². The number of nitrogens with zero attached hydrogens (tertiary/aromatic N) is 3. The fraction of sp³-hybridized carbons (Fsp3) is 0.467. The molecule has 2 aromatic heterocycles. The van der Waals surface area contributed by atoms with Gasteiger partial charge in [0.1, 0.15) is 11.5 Å². The molecule has 1 aliphatic rings. The highest BCUT2D eigenvalue weighted by Crippen LogP contribution is 2.23. The minimum atomic E-state index is -0.607. The lowest BCUT2D eigenvalue weighted by molar-refractivity contribution is -0.401. The molecule has 136 valence electrons. The molecule has 0 aliphatic carbocycles. The Balaban J connectivity index is 0.00000225. The van der Waals surface area contributed by atoms with Crippen molar-refractivity contribution in [1.82, 2.24) is 15.3 Å². The first-order valence-corrected chi connectivity index (χ1v) is 7.74. The Hall–Kier alpha value is -2.23. The normalized spacial score (nSPS) is 16.4. The molecule has 0 radical (unpaired) electrons. The molecule has 1 aliphatic heterocycles. The largest absolute Gasteiger partial charge is 0.489 e. The van der Waals surface area contributed by atoms with Gasteiger partial charge in [0.2, 0.25) is 0 Å². The zero-order valence-electron chi connectivity index (χ0n) is 13.4. The van der Waals surface area contributed by atoms with Crippen molar-refractivity contribution in [3.8, 4) is 17.3 Å².